The highest BCUT2D eigenvalue weighted by atomic mass is 35.5. The van der Waals surface area contributed by atoms with Crippen molar-refractivity contribution in [2.24, 2.45) is 0 Å². The number of hydrogen-bond acceptors (Lipinski definition) is 4. The van der Waals surface area contributed by atoms with Gasteiger partial charge in [-0.15, -0.1) is 0 Å². The first-order chi connectivity index (χ1) is 15.4. The van der Waals surface area contributed by atoms with Gasteiger partial charge in [-0.1, -0.05) is 29.8 Å². The monoisotopic (exact) mass is 453 g/mol. The number of nitrogens with one attached hydrogen (secondary N) is 1. The van der Waals surface area contributed by atoms with E-state index >= 15 is 0 Å². The minimum atomic E-state index is -0.570. The van der Waals surface area contributed by atoms with Crippen LogP contribution in [0.4, 0.5) is 15.0 Å². The van der Waals surface area contributed by atoms with Gasteiger partial charge in [0.1, 0.15) is 17.4 Å². The molecule has 0 aliphatic carbocycles. The third-order valence-electron chi connectivity index (χ3n) is 5.19. The first kappa shape index (κ1) is 21.8. The number of carbonyl (C=O) groups is 2. The average Bonchev–Trinajstić information content (AvgIpc) is 2.77. The summed E-state index contributed by atoms with van der Waals surface area (Å²) in [4.78, 5) is 30.1. The van der Waals surface area contributed by atoms with E-state index in [0.29, 0.717) is 40.8 Å². The second-order valence-corrected chi connectivity index (χ2v) is 7.90. The van der Waals surface area contributed by atoms with Gasteiger partial charge in [-0.3, -0.25) is 10.1 Å². The lowest BCUT2D eigenvalue weighted by atomic mass is 10.0. The third-order valence-corrected chi connectivity index (χ3v) is 5.44. The number of rotatable bonds is 7. The third kappa shape index (κ3) is 4.89. The van der Waals surface area contributed by atoms with Crippen LogP contribution in [0.3, 0.4) is 0 Å². The van der Waals surface area contributed by atoms with Crippen LogP contribution in [0.25, 0.3) is 0 Å². The largest absolute Gasteiger partial charge is 0.454 e. The van der Waals surface area contributed by atoms with Crippen molar-refractivity contribution in [2.75, 3.05) is 11.9 Å². The van der Waals surface area contributed by atoms with Crippen LogP contribution >= 0.6 is 11.6 Å². The molecule has 32 heavy (non-hydrogen) atoms. The van der Waals surface area contributed by atoms with Gasteiger partial charge in [0.25, 0.3) is 0 Å². The molecule has 0 spiro atoms. The Morgan fingerprint density at radius 2 is 1.84 bits per heavy atom. The summed E-state index contributed by atoms with van der Waals surface area (Å²) in [7, 11) is 0. The summed E-state index contributed by atoms with van der Waals surface area (Å²) in [5.41, 5.74) is 2.10. The number of Topliss-reactive ketones (excluding diaryl/α,β-unsaturated/α-hetero) is 1. The van der Waals surface area contributed by atoms with Crippen LogP contribution in [-0.4, -0.2) is 28.2 Å². The number of halogens is 2. The van der Waals surface area contributed by atoms with Crippen molar-refractivity contribution in [2.45, 2.75) is 26.3 Å². The number of nitrogens with zero attached hydrogens (tertiary/aromatic N) is 2. The molecule has 1 aliphatic heterocycles. The zero-order valence-corrected chi connectivity index (χ0v) is 18.2. The number of pyridine rings is 1. The maximum absolute atomic E-state index is 14.7. The van der Waals surface area contributed by atoms with Gasteiger partial charge in [0.2, 0.25) is 0 Å². The first-order valence-corrected chi connectivity index (χ1v) is 10.6. The molecule has 8 heteroatoms. The molecule has 0 atom stereocenters. The standard InChI is InChI=1S/C24H21ClFN3O3/c1-2-29-14-19-21(9-10-27-23(19)28-24(29)31)32-22-8-5-16(13-20(22)26)12-18(30)11-15-3-6-17(25)7-4-15/h3-10,13H,2,11-12,14H2,1H3,(H,27,28,31). The van der Waals surface area contributed by atoms with Crippen molar-refractivity contribution in [1.82, 2.24) is 9.88 Å². The molecule has 0 bridgehead atoms. The van der Waals surface area contributed by atoms with Gasteiger partial charge in [-0.05, 0) is 48.4 Å². The SMILES string of the molecule is CCN1Cc2c(Oc3ccc(CC(=O)Cc4ccc(Cl)cc4)cc3F)ccnc2NC1=O. The highest BCUT2D eigenvalue weighted by Gasteiger charge is 2.25. The minimum Gasteiger partial charge on any atom is -0.454 e. The molecular formula is C24H21ClFN3O3. The van der Waals surface area contributed by atoms with Gasteiger partial charge in [-0.25, -0.2) is 14.2 Å². The summed E-state index contributed by atoms with van der Waals surface area (Å²) in [6.07, 6.45) is 1.86. The fraction of sp³-hybridized carbons (Fsp3) is 0.208. The number of ketones is 1. The summed E-state index contributed by atoms with van der Waals surface area (Å²) in [6.45, 7) is 2.71. The first-order valence-electron chi connectivity index (χ1n) is 10.2. The van der Waals surface area contributed by atoms with Crippen LogP contribution in [0.2, 0.25) is 5.02 Å². The highest BCUT2D eigenvalue weighted by Crippen LogP contribution is 2.34. The van der Waals surface area contributed by atoms with E-state index in [0.717, 1.165) is 5.56 Å². The van der Waals surface area contributed by atoms with Gasteiger partial charge < -0.3 is 9.64 Å². The molecule has 164 valence electrons. The van der Waals surface area contributed by atoms with Gasteiger partial charge >= 0.3 is 6.03 Å². The maximum Gasteiger partial charge on any atom is 0.323 e. The number of aromatic nitrogens is 1. The Kier molecular flexibility index (Phi) is 6.37. The fourth-order valence-electron chi connectivity index (χ4n) is 3.50. The van der Waals surface area contributed by atoms with Crippen LogP contribution in [0.5, 0.6) is 11.5 Å². The zero-order valence-electron chi connectivity index (χ0n) is 17.4. The van der Waals surface area contributed by atoms with Crippen LogP contribution in [0, 0.1) is 5.82 Å². The predicted molar refractivity (Wildman–Crippen MR) is 120 cm³/mol. The zero-order chi connectivity index (χ0) is 22.7. The van der Waals surface area contributed by atoms with Crippen molar-refractivity contribution >= 4 is 29.2 Å². The molecule has 0 fully saturated rings. The van der Waals surface area contributed by atoms with Gasteiger partial charge in [0.15, 0.2) is 11.6 Å². The van der Waals surface area contributed by atoms with E-state index in [1.54, 1.807) is 41.3 Å². The molecule has 0 saturated carbocycles. The molecule has 1 aromatic heterocycles. The molecule has 0 radical (unpaired) electrons. The topological polar surface area (TPSA) is 71.5 Å². The number of hydrogen-bond donors (Lipinski definition) is 1. The lowest BCUT2D eigenvalue weighted by molar-refractivity contribution is -0.117. The van der Waals surface area contributed by atoms with Crippen LogP contribution in [0.1, 0.15) is 23.6 Å². The normalized spacial score (nSPS) is 12.8. The summed E-state index contributed by atoms with van der Waals surface area (Å²) >= 11 is 5.87. The van der Waals surface area contributed by atoms with E-state index in [9.17, 15) is 14.0 Å². The molecule has 0 unspecified atom stereocenters. The molecule has 1 aliphatic rings. The van der Waals surface area contributed by atoms with Crippen molar-refractivity contribution in [1.29, 1.82) is 0 Å². The van der Waals surface area contributed by atoms with E-state index in [1.165, 1.54) is 18.3 Å². The van der Waals surface area contributed by atoms with E-state index in [1.807, 2.05) is 6.92 Å². The van der Waals surface area contributed by atoms with Crippen molar-refractivity contribution < 1.29 is 18.7 Å². The Morgan fingerprint density at radius 3 is 2.56 bits per heavy atom. The molecule has 2 aromatic carbocycles. The smallest absolute Gasteiger partial charge is 0.323 e. The van der Waals surface area contributed by atoms with Crippen LogP contribution < -0.4 is 10.1 Å². The minimum absolute atomic E-state index is 0.0287. The average molecular weight is 454 g/mol. The highest BCUT2D eigenvalue weighted by molar-refractivity contribution is 6.30. The van der Waals surface area contributed by atoms with Gasteiger partial charge in [0.05, 0.1) is 12.1 Å². The molecule has 2 heterocycles. The van der Waals surface area contributed by atoms with E-state index < -0.39 is 5.82 Å². The summed E-state index contributed by atoms with van der Waals surface area (Å²) in [6, 6.07) is 13.0. The van der Waals surface area contributed by atoms with E-state index in [-0.39, 0.29) is 30.4 Å². The van der Waals surface area contributed by atoms with Gasteiger partial charge in [-0.2, -0.15) is 0 Å². The van der Waals surface area contributed by atoms with Crippen molar-refractivity contribution in [3.63, 3.8) is 0 Å². The second-order valence-electron chi connectivity index (χ2n) is 7.47. The number of fused-ring (bicyclic) bond motifs is 1. The Balaban J connectivity index is 1.46. The molecule has 0 saturated heterocycles. The molecule has 2 amide bonds. The van der Waals surface area contributed by atoms with Gasteiger partial charge in [0, 0.05) is 30.6 Å². The number of urea groups is 1. The summed E-state index contributed by atoms with van der Waals surface area (Å²) < 4.78 is 20.6. The van der Waals surface area contributed by atoms with E-state index in [4.69, 9.17) is 16.3 Å². The van der Waals surface area contributed by atoms with Crippen LogP contribution in [-0.2, 0) is 24.2 Å². The number of amides is 2. The molecular weight excluding hydrogens is 433 g/mol. The molecule has 6 nitrogen and oxygen atoms in total. The lowest BCUT2D eigenvalue weighted by Crippen LogP contribution is -2.38. The number of carbonyl (C=O) groups excluding carboxylic acids is 2. The van der Waals surface area contributed by atoms with Crippen LogP contribution in [0.15, 0.2) is 54.7 Å². The maximum atomic E-state index is 14.7. The lowest BCUT2D eigenvalue weighted by Gasteiger charge is -2.28. The number of ether oxygens (including phenoxy) is 1. The predicted octanol–water partition coefficient (Wildman–Crippen LogP) is 5.39. The second kappa shape index (κ2) is 9.36. The summed E-state index contributed by atoms with van der Waals surface area (Å²) in [5, 5.41) is 3.32. The van der Waals surface area contributed by atoms with Crippen molar-refractivity contribution in [3.8, 4) is 11.5 Å². The molecule has 3 aromatic rings. The molecule has 4 rings (SSSR count). The Bertz CT molecular complexity index is 1170. The van der Waals surface area contributed by atoms with Crippen molar-refractivity contribution in [3.05, 3.63) is 82.3 Å². The number of anilines is 1. The van der Waals surface area contributed by atoms with E-state index in [2.05, 4.69) is 10.3 Å². The summed E-state index contributed by atoms with van der Waals surface area (Å²) in [5.74, 6) is 0.256. The quantitative estimate of drug-likeness (QED) is 0.520. The Morgan fingerprint density at radius 1 is 1.12 bits per heavy atom. The fourth-order valence-corrected chi connectivity index (χ4v) is 3.63. The Hall–Kier alpha value is -3.45. The molecule has 1 N–H and O–H groups in total. The number of benzene rings is 2. The Labute approximate surface area is 190 Å².